The Hall–Kier alpha value is -1.18. The normalized spacial score (nSPS) is 13.4. The van der Waals surface area contributed by atoms with Crippen molar-refractivity contribution >= 4 is 26.0 Å². The highest BCUT2D eigenvalue weighted by molar-refractivity contribution is 9.10. The second-order valence-corrected chi connectivity index (χ2v) is 6.65. The van der Waals surface area contributed by atoms with E-state index in [9.17, 15) is 8.42 Å². The van der Waals surface area contributed by atoms with Gasteiger partial charge in [0.15, 0.2) is 5.03 Å². The maximum Gasteiger partial charge on any atom is 0.258 e. The molecule has 1 unspecified atom stereocenters. The van der Waals surface area contributed by atoms with Crippen LogP contribution in [0.4, 0.5) is 0 Å². The Labute approximate surface area is 120 Å². The van der Waals surface area contributed by atoms with Crippen molar-refractivity contribution in [2.75, 3.05) is 0 Å². The van der Waals surface area contributed by atoms with E-state index in [1.807, 2.05) is 31.2 Å². The topological polar surface area (TPSA) is 74.8 Å². The summed E-state index contributed by atoms with van der Waals surface area (Å²) in [6.45, 7) is 1.93. The maximum absolute atomic E-state index is 12.1. The van der Waals surface area contributed by atoms with Crippen molar-refractivity contribution in [2.45, 2.75) is 24.4 Å². The van der Waals surface area contributed by atoms with Gasteiger partial charge in [-0.3, -0.25) is 5.10 Å². The summed E-state index contributed by atoms with van der Waals surface area (Å²) in [5, 5.41) is 6.19. The molecule has 0 saturated heterocycles. The van der Waals surface area contributed by atoms with Gasteiger partial charge < -0.3 is 0 Å². The minimum absolute atomic E-state index is 0.0723. The monoisotopic (exact) mass is 343 g/mol. The van der Waals surface area contributed by atoms with Crippen LogP contribution in [-0.4, -0.2) is 18.6 Å². The molecular formula is C12H14BrN3O2S. The molecule has 102 valence electrons. The third-order valence-electron chi connectivity index (χ3n) is 2.74. The minimum atomic E-state index is -3.57. The molecule has 1 atom stereocenters. The van der Waals surface area contributed by atoms with E-state index in [4.69, 9.17) is 0 Å². The molecule has 0 radical (unpaired) electrons. The number of nitrogens with one attached hydrogen (secondary N) is 2. The highest BCUT2D eigenvalue weighted by Crippen LogP contribution is 2.21. The zero-order valence-electron chi connectivity index (χ0n) is 10.3. The summed E-state index contributed by atoms with van der Waals surface area (Å²) in [7, 11) is -3.57. The molecule has 2 N–H and O–H groups in total. The standard InChI is InChI=1S/C12H14BrN3O2S/c1-2-11(9-3-5-10(13)6-4-9)16-19(17,18)12-7-8-14-15-12/h3-8,11,16H,2H2,1H3,(H,14,15). The van der Waals surface area contributed by atoms with E-state index in [-0.39, 0.29) is 11.1 Å². The SMILES string of the molecule is CCC(NS(=O)(=O)c1ccn[nH]1)c1ccc(Br)cc1. The number of aromatic amines is 1. The largest absolute Gasteiger partial charge is 0.266 e. The lowest BCUT2D eigenvalue weighted by atomic mass is 10.1. The Balaban J connectivity index is 2.22. The van der Waals surface area contributed by atoms with Gasteiger partial charge in [0.25, 0.3) is 10.0 Å². The van der Waals surface area contributed by atoms with Gasteiger partial charge in [0, 0.05) is 10.5 Å². The first-order chi connectivity index (χ1) is 9.03. The van der Waals surface area contributed by atoms with Crippen molar-refractivity contribution in [3.05, 3.63) is 46.6 Å². The number of H-pyrrole nitrogens is 1. The molecule has 7 heteroatoms. The number of rotatable bonds is 5. The highest BCUT2D eigenvalue weighted by Gasteiger charge is 2.21. The van der Waals surface area contributed by atoms with Crippen LogP contribution in [0.2, 0.25) is 0 Å². The maximum atomic E-state index is 12.1. The number of aromatic nitrogens is 2. The molecule has 1 aromatic heterocycles. The van der Waals surface area contributed by atoms with E-state index in [0.717, 1.165) is 10.0 Å². The molecule has 0 spiro atoms. The number of hydrogen-bond donors (Lipinski definition) is 2. The summed E-state index contributed by atoms with van der Waals surface area (Å²) >= 11 is 3.36. The lowest BCUT2D eigenvalue weighted by Crippen LogP contribution is -2.28. The Morgan fingerprint density at radius 2 is 2.00 bits per heavy atom. The van der Waals surface area contributed by atoms with Gasteiger partial charge in [-0.15, -0.1) is 0 Å². The zero-order valence-corrected chi connectivity index (χ0v) is 12.7. The summed E-state index contributed by atoms with van der Waals surface area (Å²) in [6, 6.07) is 8.74. The molecule has 0 bridgehead atoms. The molecule has 5 nitrogen and oxygen atoms in total. The molecule has 0 saturated carbocycles. The third-order valence-corrected chi connectivity index (χ3v) is 4.67. The van der Waals surface area contributed by atoms with Gasteiger partial charge in [0.1, 0.15) is 0 Å². The number of halogens is 1. The summed E-state index contributed by atoms with van der Waals surface area (Å²) in [5.41, 5.74) is 0.925. The summed E-state index contributed by atoms with van der Waals surface area (Å²) in [6.07, 6.45) is 2.07. The lowest BCUT2D eigenvalue weighted by Gasteiger charge is -2.16. The molecule has 1 aromatic carbocycles. The van der Waals surface area contributed by atoms with Gasteiger partial charge in [-0.2, -0.15) is 5.10 Å². The number of benzene rings is 1. The van der Waals surface area contributed by atoms with E-state index >= 15 is 0 Å². The van der Waals surface area contributed by atoms with E-state index in [1.165, 1.54) is 12.3 Å². The Kier molecular flexibility index (Phi) is 4.38. The number of hydrogen-bond acceptors (Lipinski definition) is 3. The Morgan fingerprint density at radius 3 is 2.53 bits per heavy atom. The summed E-state index contributed by atoms with van der Waals surface area (Å²) in [5.74, 6) is 0. The second kappa shape index (κ2) is 5.85. The first-order valence-corrected chi connectivity index (χ1v) is 8.07. The lowest BCUT2D eigenvalue weighted by molar-refractivity contribution is 0.546. The average molecular weight is 344 g/mol. The Bertz CT molecular complexity index is 624. The third kappa shape index (κ3) is 3.43. The first-order valence-electron chi connectivity index (χ1n) is 5.80. The predicted octanol–water partition coefficient (Wildman–Crippen LogP) is 2.60. The van der Waals surface area contributed by atoms with Crippen molar-refractivity contribution < 1.29 is 8.42 Å². The van der Waals surface area contributed by atoms with Crippen LogP contribution < -0.4 is 4.72 Å². The molecule has 0 aliphatic carbocycles. The fourth-order valence-electron chi connectivity index (χ4n) is 1.73. The van der Waals surface area contributed by atoms with E-state index in [2.05, 4.69) is 30.8 Å². The van der Waals surface area contributed by atoms with Crippen molar-refractivity contribution in [3.8, 4) is 0 Å². The molecule has 0 fully saturated rings. The van der Waals surface area contributed by atoms with E-state index < -0.39 is 10.0 Å². The number of sulfonamides is 1. The van der Waals surface area contributed by atoms with Gasteiger partial charge in [-0.25, -0.2) is 13.1 Å². The highest BCUT2D eigenvalue weighted by atomic mass is 79.9. The van der Waals surface area contributed by atoms with Crippen molar-refractivity contribution in [3.63, 3.8) is 0 Å². The van der Waals surface area contributed by atoms with Gasteiger partial charge in [-0.1, -0.05) is 35.0 Å². The van der Waals surface area contributed by atoms with Crippen LogP contribution in [0, 0.1) is 0 Å². The van der Waals surface area contributed by atoms with Crippen LogP contribution in [-0.2, 0) is 10.0 Å². The molecular weight excluding hydrogens is 330 g/mol. The average Bonchev–Trinajstić information content (AvgIpc) is 2.92. The molecule has 19 heavy (non-hydrogen) atoms. The quantitative estimate of drug-likeness (QED) is 0.876. The van der Waals surface area contributed by atoms with Gasteiger partial charge in [0.05, 0.1) is 6.20 Å². The molecule has 2 rings (SSSR count). The first kappa shape index (κ1) is 14.2. The minimum Gasteiger partial charge on any atom is -0.266 e. The second-order valence-electron chi connectivity index (χ2n) is 4.05. The molecule has 0 aliphatic rings. The van der Waals surface area contributed by atoms with Crippen molar-refractivity contribution in [1.29, 1.82) is 0 Å². The van der Waals surface area contributed by atoms with Crippen LogP contribution in [0.1, 0.15) is 24.9 Å². The van der Waals surface area contributed by atoms with Crippen LogP contribution in [0.15, 0.2) is 46.0 Å². The zero-order chi connectivity index (χ0) is 13.9. The molecule has 0 amide bonds. The van der Waals surface area contributed by atoms with Crippen LogP contribution in [0.5, 0.6) is 0 Å². The van der Waals surface area contributed by atoms with E-state index in [1.54, 1.807) is 0 Å². The molecule has 2 aromatic rings. The summed E-state index contributed by atoms with van der Waals surface area (Å²) < 4.78 is 27.8. The fourth-order valence-corrected chi connectivity index (χ4v) is 3.21. The predicted molar refractivity (Wildman–Crippen MR) is 76.1 cm³/mol. The van der Waals surface area contributed by atoms with Crippen molar-refractivity contribution in [2.24, 2.45) is 0 Å². The van der Waals surface area contributed by atoms with Gasteiger partial charge >= 0.3 is 0 Å². The van der Waals surface area contributed by atoms with Gasteiger partial charge in [0.2, 0.25) is 0 Å². The fraction of sp³-hybridized carbons (Fsp3) is 0.250. The van der Waals surface area contributed by atoms with Crippen LogP contribution in [0.25, 0.3) is 0 Å². The number of nitrogens with zero attached hydrogens (tertiary/aromatic N) is 1. The van der Waals surface area contributed by atoms with Crippen molar-refractivity contribution in [1.82, 2.24) is 14.9 Å². The van der Waals surface area contributed by atoms with E-state index in [0.29, 0.717) is 6.42 Å². The van der Waals surface area contributed by atoms with Crippen LogP contribution in [0.3, 0.4) is 0 Å². The Morgan fingerprint density at radius 1 is 1.32 bits per heavy atom. The summed E-state index contributed by atoms with van der Waals surface area (Å²) in [4.78, 5) is 0. The van der Waals surface area contributed by atoms with Crippen LogP contribution >= 0.6 is 15.9 Å². The molecule has 0 aliphatic heterocycles. The molecule has 1 heterocycles. The smallest absolute Gasteiger partial charge is 0.258 e. The van der Waals surface area contributed by atoms with Gasteiger partial charge in [-0.05, 0) is 30.2 Å².